The Morgan fingerprint density at radius 2 is 2.16 bits per heavy atom. The number of amides is 1. The predicted octanol–water partition coefficient (Wildman–Crippen LogP) is 1.10. The molecule has 0 fully saturated rings. The molecule has 0 unspecified atom stereocenters. The van der Waals surface area contributed by atoms with E-state index in [0.29, 0.717) is 30.2 Å². The number of aromatic nitrogens is 2. The predicted molar refractivity (Wildman–Crippen MR) is 75.0 cm³/mol. The van der Waals surface area contributed by atoms with Crippen LogP contribution in [0.25, 0.3) is 0 Å². The number of hydrogen-bond donors (Lipinski definition) is 2. The van der Waals surface area contributed by atoms with Gasteiger partial charge in [0.15, 0.2) is 0 Å². The Labute approximate surface area is 114 Å². The van der Waals surface area contributed by atoms with Crippen molar-refractivity contribution >= 4 is 11.6 Å². The molecule has 0 saturated heterocycles. The molecule has 6 nitrogen and oxygen atoms in total. The molecule has 3 N–H and O–H groups in total. The Morgan fingerprint density at radius 3 is 2.63 bits per heavy atom. The standard InChI is InChI=1S/C13H24N4O2/c1-9-10(14)11(17(4)16-9)12(18)15-8-13(2,3)6-7-19-5/h6-8,14H2,1-5H3,(H,15,18). The molecule has 1 heterocycles. The number of methoxy groups -OCH3 is 1. The molecule has 19 heavy (non-hydrogen) atoms. The van der Waals surface area contributed by atoms with Gasteiger partial charge in [-0.05, 0) is 18.8 Å². The van der Waals surface area contributed by atoms with Gasteiger partial charge in [0.05, 0.1) is 11.4 Å². The van der Waals surface area contributed by atoms with Gasteiger partial charge in [0, 0.05) is 27.3 Å². The first-order valence-electron chi connectivity index (χ1n) is 6.34. The molecule has 1 aromatic rings. The van der Waals surface area contributed by atoms with Gasteiger partial charge in [-0.2, -0.15) is 5.10 Å². The Kier molecular flexibility index (Phi) is 4.94. The minimum Gasteiger partial charge on any atom is -0.395 e. The number of anilines is 1. The monoisotopic (exact) mass is 268 g/mol. The van der Waals surface area contributed by atoms with Crippen molar-refractivity contribution in [2.24, 2.45) is 12.5 Å². The number of hydrogen-bond acceptors (Lipinski definition) is 4. The lowest BCUT2D eigenvalue weighted by Crippen LogP contribution is -2.35. The third-order valence-corrected chi connectivity index (χ3v) is 3.19. The van der Waals surface area contributed by atoms with Crippen LogP contribution in [-0.2, 0) is 11.8 Å². The van der Waals surface area contributed by atoms with E-state index in [1.807, 2.05) is 0 Å². The van der Waals surface area contributed by atoms with Gasteiger partial charge in [0.1, 0.15) is 5.69 Å². The average Bonchev–Trinajstić information content (AvgIpc) is 2.58. The van der Waals surface area contributed by atoms with Gasteiger partial charge in [-0.15, -0.1) is 0 Å². The highest BCUT2D eigenvalue weighted by molar-refractivity contribution is 5.97. The summed E-state index contributed by atoms with van der Waals surface area (Å²) < 4.78 is 6.58. The topological polar surface area (TPSA) is 82.2 Å². The molecule has 0 aliphatic carbocycles. The second kappa shape index (κ2) is 6.06. The molecular weight excluding hydrogens is 244 g/mol. The van der Waals surface area contributed by atoms with Crippen molar-refractivity contribution in [1.82, 2.24) is 15.1 Å². The van der Waals surface area contributed by atoms with Gasteiger partial charge in [-0.1, -0.05) is 13.8 Å². The highest BCUT2D eigenvalue weighted by Gasteiger charge is 2.22. The molecule has 1 rings (SSSR count). The van der Waals surface area contributed by atoms with E-state index in [9.17, 15) is 4.79 Å². The highest BCUT2D eigenvalue weighted by Crippen LogP contribution is 2.20. The van der Waals surface area contributed by atoms with Gasteiger partial charge < -0.3 is 15.8 Å². The van der Waals surface area contributed by atoms with Crippen LogP contribution >= 0.6 is 0 Å². The van der Waals surface area contributed by atoms with Crippen molar-refractivity contribution in [2.75, 3.05) is 26.0 Å². The van der Waals surface area contributed by atoms with Crippen LogP contribution in [0.1, 0.15) is 36.5 Å². The van der Waals surface area contributed by atoms with Crippen LogP contribution in [0.15, 0.2) is 0 Å². The summed E-state index contributed by atoms with van der Waals surface area (Å²) in [5.41, 5.74) is 7.37. The Bertz CT molecular complexity index is 452. The Balaban J connectivity index is 2.65. The van der Waals surface area contributed by atoms with Crippen LogP contribution in [0, 0.1) is 12.3 Å². The highest BCUT2D eigenvalue weighted by atomic mass is 16.5. The van der Waals surface area contributed by atoms with Gasteiger partial charge in [-0.25, -0.2) is 0 Å². The summed E-state index contributed by atoms with van der Waals surface area (Å²) in [5.74, 6) is -0.189. The largest absolute Gasteiger partial charge is 0.395 e. The number of nitrogens with one attached hydrogen (secondary N) is 1. The number of ether oxygens (including phenoxy) is 1. The van der Waals surface area contributed by atoms with Gasteiger partial charge in [-0.3, -0.25) is 9.48 Å². The summed E-state index contributed by atoms with van der Waals surface area (Å²) in [4.78, 5) is 12.1. The Hall–Kier alpha value is -1.56. The number of nitrogens with two attached hydrogens (primary N) is 1. The molecule has 0 spiro atoms. The molecular formula is C13H24N4O2. The van der Waals surface area contributed by atoms with Crippen LogP contribution in [0.4, 0.5) is 5.69 Å². The molecule has 0 atom stereocenters. The van der Waals surface area contributed by atoms with E-state index in [0.717, 1.165) is 6.42 Å². The maximum absolute atomic E-state index is 12.1. The first-order valence-corrected chi connectivity index (χ1v) is 6.34. The van der Waals surface area contributed by atoms with Crippen LogP contribution in [0.5, 0.6) is 0 Å². The van der Waals surface area contributed by atoms with Crippen molar-refractivity contribution in [3.63, 3.8) is 0 Å². The molecule has 0 aliphatic rings. The van der Waals surface area contributed by atoms with Gasteiger partial charge in [0.25, 0.3) is 5.91 Å². The van der Waals surface area contributed by atoms with Crippen LogP contribution < -0.4 is 11.1 Å². The van der Waals surface area contributed by atoms with Gasteiger partial charge >= 0.3 is 0 Å². The SMILES string of the molecule is COCCC(C)(C)CNC(=O)c1c(N)c(C)nn1C. The minimum atomic E-state index is -0.189. The molecule has 0 aromatic carbocycles. The smallest absolute Gasteiger partial charge is 0.271 e. The van der Waals surface area contributed by atoms with E-state index in [1.54, 1.807) is 21.1 Å². The normalized spacial score (nSPS) is 11.6. The van der Waals surface area contributed by atoms with E-state index in [2.05, 4.69) is 24.3 Å². The van der Waals surface area contributed by atoms with Crippen LogP contribution in [0.2, 0.25) is 0 Å². The zero-order chi connectivity index (χ0) is 14.6. The average molecular weight is 268 g/mol. The van der Waals surface area contributed by atoms with Crippen molar-refractivity contribution in [1.29, 1.82) is 0 Å². The van der Waals surface area contributed by atoms with Gasteiger partial charge in [0.2, 0.25) is 0 Å². The second-order valence-corrected chi connectivity index (χ2v) is 5.56. The van der Waals surface area contributed by atoms with E-state index >= 15 is 0 Å². The maximum Gasteiger partial charge on any atom is 0.271 e. The number of aryl methyl sites for hydroxylation is 2. The van der Waals surface area contributed by atoms with E-state index in [-0.39, 0.29) is 11.3 Å². The summed E-state index contributed by atoms with van der Waals surface area (Å²) in [6.45, 7) is 7.21. The molecule has 0 aliphatic heterocycles. The van der Waals surface area contributed by atoms with E-state index < -0.39 is 0 Å². The molecule has 6 heteroatoms. The summed E-state index contributed by atoms with van der Waals surface area (Å²) >= 11 is 0. The summed E-state index contributed by atoms with van der Waals surface area (Å²) in [7, 11) is 3.39. The summed E-state index contributed by atoms with van der Waals surface area (Å²) in [5, 5.41) is 7.04. The fraction of sp³-hybridized carbons (Fsp3) is 0.692. The number of rotatable bonds is 6. The lowest BCUT2D eigenvalue weighted by Gasteiger charge is -2.24. The van der Waals surface area contributed by atoms with E-state index in [4.69, 9.17) is 10.5 Å². The first-order chi connectivity index (χ1) is 8.78. The fourth-order valence-electron chi connectivity index (χ4n) is 1.81. The number of nitrogen functional groups attached to an aromatic ring is 1. The number of carbonyl (C=O) groups is 1. The molecule has 1 amide bonds. The van der Waals surface area contributed by atoms with Crippen molar-refractivity contribution in [3.8, 4) is 0 Å². The van der Waals surface area contributed by atoms with E-state index in [1.165, 1.54) is 4.68 Å². The molecule has 0 bridgehead atoms. The lowest BCUT2D eigenvalue weighted by molar-refractivity contribution is 0.0912. The third kappa shape index (κ3) is 3.96. The maximum atomic E-state index is 12.1. The van der Waals surface area contributed by atoms with Crippen molar-refractivity contribution in [3.05, 3.63) is 11.4 Å². The van der Waals surface area contributed by atoms with Crippen LogP contribution in [-0.4, -0.2) is 35.9 Å². The third-order valence-electron chi connectivity index (χ3n) is 3.19. The molecule has 1 aromatic heterocycles. The molecule has 108 valence electrons. The lowest BCUT2D eigenvalue weighted by atomic mass is 9.89. The summed E-state index contributed by atoms with van der Waals surface area (Å²) in [6, 6.07) is 0. The van der Waals surface area contributed by atoms with Crippen LogP contribution in [0.3, 0.4) is 0 Å². The zero-order valence-corrected chi connectivity index (χ0v) is 12.4. The zero-order valence-electron chi connectivity index (χ0n) is 12.4. The fourth-order valence-corrected chi connectivity index (χ4v) is 1.81. The quantitative estimate of drug-likeness (QED) is 0.809. The minimum absolute atomic E-state index is 0.0198. The first kappa shape index (κ1) is 15.5. The summed E-state index contributed by atoms with van der Waals surface area (Å²) in [6.07, 6.45) is 0.879. The number of nitrogens with zero attached hydrogens (tertiary/aromatic N) is 2. The number of carbonyl (C=O) groups excluding carboxylic acids is 1. The van der Waals surface area contributed by atoms with Crippen molar-refractivity contribution < 1.29 is 9.53 Å². The molecule has 0 saturated carbocycles. The second-order valence-electron chi connectivity index (χ2n) is 5.56. The van der Waals surface area contributed by atoms with Crippen molar-refractivity contribution in [2.45, 2.75) is 27.2 Å². The Morgan fingerprint density at radius 1 is 1.53 bits per heavy atom. The molecule has 0 radical (unpaired) electrons.